The van der Waals surface area contributed by atoms with Gasteiger partial charge in [0.1, 0.15) is 17.6 Å². The number of benzene rings is 1. The predicted molar refractivity (Wildman–Crippen MR) is 77.5 cm³/mol. The highest BCUT2D eigenvalue weighted by Gasteiger charge is 2.30. The average molecular weight is 303 g/mol. The Balaban J connectivity index is 3.13. The molecule has 0 heterocycles. The molecule has 0 fully saturated rings. The van der Waals surface area contributed by atoms with Gasteiger partial charge in [-0.05, 0) is 39.3 Å². The zero-order chi connectivity index (χ0) is 15.6. The van der Waals surface area contributed by atoms with Crippen LogP contribution in [0.4, 0.5) is 8.78 Å². The van der Waals surface area contributed by atoms with Crippen molar-refractivity contribution in [2.45, 2.75) is 38.4 Å². The summed E-state index contributed by atoms with van der Waals surface area (Å²) in [4.78, 5) is 0. The summed E-state index contributed by atoms with van der Waals surface area (Å²) in [6.07, 6.45) is 0. The first-order chi connectivity index (χ1) is 9.08. The van der Waals surface area contributed by atoms with Crippen molar-refractivity contribution in [2.75, 3.05) is 6.61 Å². The minimum atomic E-state index is -3.29. The smallest absolute Gasteiger partial charge is 0.295 e. The highest BCUT2D eigenvalue weighted by Crippen LogP contribution is 2.28. The van der Waals surface area contributed by atoms with E-state index in [2.05, 4.69) is 4.40 Å². The van der Waals surface area contributed by atoms with Crippen molar-refractivity contribution in [3.05, 3.63) is 35.4 Å². The van der Waals surface area contributed by atoms with E-state index in [1.54, 1.807) is 33.8 Å². The minimum absolute atomic E-state index is 0.284. The molecule has 0 amide bonds. The molecule has 0 aliphatic rings. The molecule has 0 saturated carbocycles. The van der Waals surface area contributed by atoms with Crippen LogP contribution in [0.2, 0.25) is 0 Å². The van der Waals surface area contributed by atoms with E-state index in [-0.39, 0.29) is 5.56 Å². The van der Waals surface area contributed by atoms with Crippen LogP contribution in [0, 0.1) is 0 Å². The molecule has 0 aliphatic carbocycles. The zero-order valence-electron chi connectivity index (χ0n) is 12.0. The Kier molecular flexibility index (Phi) is 5.15. The lowest BCUT2D eigenvalue weighted by Crippen LogP contribution is -2.21. The van der Waals surface area contributed by atoms with Gasteiger partial charge in [0.2, 0.25) is 0 Å². The van der Waals surface area contributed by atoms with Gasteiger partial charge in [-0.1, -0.05) is 18.2 Å². The van der Waals surface area contributed by atoms with E-state index in [4.69, 9.17) is 5.11 Å². The van der Waals surface area contributed by atoms with Gasteiger partial charge in [-0.25, -0.2) is 4.21 Å². The number of alkyl halides is 2. The van der Waals surface area contributed by atoms with E-state index in [1.807, 2.05) is 0 Å². The summed E-state index contributed by atoms with van der Waals surface area (Å²) < 4.78 is 42.3. The Labute approximate surface area is 120 Å². The molecule has 6 heteroatoms. The molecule has 1 N–H and O–H groups in total. The van der Waals surface area contributed by atoms with Crippen molar-refractivity contribution in [3.8, 4) is 0 Å². The molecule has 112 valence electrons. The molecule has 0 aliphatic heterocycles. The molecule has 1 rings (SSSR count). The van der Waals surface area contributed by atoms with E-state index in [0.29, 0.717) is 11.3 Å². The van der Waals surface area contributed by atoms with Gasteiger partial charge in [0.15, 0.2) is 0 Å². The van der Waals surface area contributed by atoms with Crippen molar-refractivity contribution in [2.24, 2.45) is 4.40 Å². The SMILES string of the molecule is CC(=N[S@@](=O)C(C)(C)C)c1cccc(C(F)(F)CO)c1. The number of hydrogen-bond donors (Lipinski definition) is 1. The second kappa shape index (κ2) is 6.10. The molecular formula is C14H19F2NO2S. The van der Waals surface area contributed by atoms with Gasteiger partial charge in [0, 0.05) is 5.56 Å². The Morgan fingerprint density at radius 3 is 2.45 bits per heavy atom. The summed E-state index contributed by atoms with van der Waals surface area (Å²) in [5.41, 5.74) is 0.607. The second-order valence-electron chi connectivity index (χ2n) is 5.48. The summed E-state index contributed by atoms with van der Waals surface area (Å²) in [5, 5.41) is 8.70. The van der Waals surface area contributed by atoms with Gasteiger partial charge in [-0.15, -0.1) is 0 Å². The van der Waals surface area contributed by atoms with Gasteiger partial charge in [0.25, 0.3) is 5.92 Å². The third-order valence-electron chi connectivity index (χ3n) is 2.64. The number of nitrogens with zero attached hydrogens (tertiary/aromatic N) is 1. The van der Waals surface area contributed by atoms with Crippen LogP contribution in [0.3, 0.4) is 0 Å². The average Bonchev–Trinajstić information content (AvgIpc) is 2.37. The molecule has 20 heavy (non-hydrogen) atoms. The summed E-state index contributed by atoms with van der Waals surface area (Å²) in [5.74, 6) is -3.29. The van der Waals surface area contributed by atoms with Crippen LogP contribution < -0.4 is 0 Å². The van der Waals surface area contributed by atoms with Gasteiger partial charge in [-0.3, -0.25) is 0 Å². The lowest BCUT2D eigenvalue weighted by molar-refractivity contribution is -0.0556. The standard InChI is InChI=1S/C14H19F2NO2S/c1-10(17-20(19)13(2,3)4)11-6-5-7-12(8-11)14(15,16)9-18/h5-8,18H,9H2,1-4H3/t20-/m0/s1. The zero-order valence-corrected chi connectivity index (χ0v) is 12.8. The van der Waals surface area contributed by atoms with Crippen molar-refractivity contribution in [1.29, 1.82) is 0 Å². The molecule has 3 nitrogen and oxygen atoms in total. The first-order valence-corrected chi connectivity index (χ1v) is 7.25. The quantitative estimate of drug-likeness (QED) is 0.869. The van der Waals surface area contributed by atoms with Crippen LogP contribution in [0.5, 0.6) is 0 Å². The predicted octanol–water partition coefficient (Wildman–Crippen LogP) is 3.04. The van der Waals surface area contributed by atoms with Crippen molar-refractivity contribution < 1.29 is 18.1 Å². The Morgan fingerprint density at radius 2 is 1.95 bits per heavy atom. The molecular weight excluding hydrogens is 284 g/mol. The van der Waals surface area contributed by atoms with E-state index in [0.717, 1.165) is 0 Å². The van der Waals surface area contributed by atoms with Crippen molar-refractivity contribution in [1.82, 2.24) is 0 Å². The Hall–Kier alpha value is -1.14. The number of rotatable bonds is 4. The molecule has 1 atom stereocenters. The number of halogens is 2. The lowest BCUT2D eigenvalue weighted by atomic mass is 10.0. The maximum absolute atomic E-state index is 13.4. The highest BCUT2D eigenvalue weighted by molar-refractivity contribution is 7.85. The van der Waals surface area contributed by atoms with E-state index >= 15 is 0 Å². The van der Waals surface area contributed by atoms with E-state index in [1.165, 1.54) is 18.2 Å². The Morgan fingerprint density at radius 1 is 1.35 bits per heavy atom. The molecule has 0 saturated heterocycles. The molecule has 1 aromatic rings. The normalized spacial score (nSPS) is 15.2. The number of aliphatic hydroxyl groups is 1. The van der Waals surface area contributed by atoms with E-state index in [9.17, 15) is 13.0 Å². The fourth-order valence-corrected chi connectivity index (χ4v) is 2.01. The van der Waals surface area contributed by atoms with Crippen LogP contribution >= 0.6 is 0 Å². The molecule has 0 radical (unpaired) electrons. The van der Waals surface area contributed by atoms with E-state index < -0.39 is 28.3 Å². The second-order valence-corrected chi connectivity index (χ2v) is 7.39. The summed E-state index contributed by atoms with van der Waals surface area (Å²) >= 11 is 0. The van der Waals surface area contributed by atoms with Crippen LogP contribution in [-0.4, -0.2) is 26.4 Å². The maximum atomic E-state index is 13.4. The molecule has 0 bridgehead atoms. The highest BCUT2D eigenvalue weighted by atomic mass is 32.2. The largest absolute Gasteiger partial charge is 0.390 e. The van der Waals surface area contributed by atoms with Gasteiger partial charge < -0.3 is 5.11 Å². The fourth-order valence-electron chi connectivity index (χ4n) is 1.38. The van der Waals surface area contributed by atoms with Crippen LogP contribution in [0.15, 0.2) is 28.7 Å². The van der Waals surface area contributed by atoms with Crippen molar-refractivity contribution >= 4 is 16.7 Å². The van der Waals surface area contributed by atoms with Crippen molar-refractivity contribution in [3.63, 3.8) is 0 Å². The van der Waals surface area contributed by atoms with Crippen LogP contribution in [-0.2, 0) is 16.9 Å². The number of hydrogen-bond acceptors (Lipinski definition) is 2. The van der Waals surface area contributed by atoms with Crippen LogP contribution in [0.25, 0.3) is 0 Å². The first-order valence-electron chi connectivity index (χ1n) is 6.15. The third kappa shape index (κ3) is 4.18. The monoisotopic (exact) mass is 303 g/mol. The van der Waals surface area contributed by atoms with Gasteiger partial charge in [0.05, 0.1) is 10.5 Å². The molecule has 0 spiro atoms. The number of aliphatic hydroxyl groups excluding tert-OH is 1. The topological polar surface area (TPSA) is 49.7 Å². The van der Waals surface area contributed by atoms with Gasteiger partial charge >= 0.3 is 0 Å². The molecule has 0 unspecified atom stereocenters. The first kappa shape index (κ1) is 16.9. The van der Waals surface area contributed by atoms with Gasteiger partial charge in [-0.2, -0.15) is 13.2 Å². The van der Waals surface area contributed by atoms with Crippen LogP contribution in [0.1, 0.15) is 38.8 Å². The fraction of sp³-hybridized carbons (Fsp3) is 0.500. The molecule has 1 aromatic carbocycles. The third-order valence-corrected chi connectivity index (χ3v) is 4.13. The molecule has 0 aromatic heterocycles. The lowest BCUT2D eigenvalue weighted by Gasteiger charge is -2.16. The maximum Gasteiger partial charge on any atom is 0.295 e. The summed E-state index contributed by atoms with van der Waals surface area (Å²) in [7, 11) is -1.45. The minimum Gasteiger partial charge on any atom is -0.390 e. The summed E-state index contributed by atoms with van der Waals surface area (Å²) in [6.45, 7) is 5.74. The summed E-state index contributed by atoms with van der Waals surface area (Å²) in [6, 6.07) is 5.59. The Bertz CT molecular complexity index is 536.